The Morgan fingerprint density at radius 2 is 2.19 bits per heavy atom. The van der Waals surface area contributed by atoms with Gasteiger partial charge in [-0.25, -0.2) is 4.98 Å². The summed E-state index contributed by atoms with van der Waals surface area (Å²) in [7, 11) is 1.52. The number of hydrogen-bond donors (Lipinski definition) is 2. The van der Waals surface area contributed by atoms with Crippen molar-refractivity contribution in [3.05, 3.63) is 40.5 Å². The molecule has 2 N–H and O–H groups in total. The van der Waals surface area contributed by atoms with Crippen LogP contribution in [0.25, 0.3) is 0 Å². The Balaban J connectivity index is 2.15. The largest absolute Gasteiger partial charge is 0.503 e. The minimum absolute atomic E-state index is 0.0950. The Morgan fingerprint density at radius 1 is 1.38 bits per heavy atom. The highest BCUT2D eigenvalue weighted by atomic mass is 79.9. The van der Waals surface area contributed by atoms with Crippen LogP contribution >= 0.6 is 15.9 Å². The Kier molecular flexibility index (Phi) is 5.27. The molecule has 0 aliphatic rings. The Morgan fingerprint density at radius 3 is 2.90 bits per heavy atom. The predicted molar refractivity (Wildman–Crippen MR) is 85.1 cm³/mol. The molecule has 112 valence electrons. The van der Waals surface area contributed by atoms with E-state index in [1.54, 1.807) is 12.3 Å². The van der Waals surface area contributed by atoms with Gasteiger partial charge in [-0.1, -0.05) is 0 Å². The van der Waals surface area contributed by atoms with Gasteiger partial charge >= 0.3 is 0 Å². The summed E-state index contributed by atoms with van der Waals surface area (Å²) in [5, 5.41) is 13.1. The molecule has 0 aliphatic heterocycles. The Labute approximate surface area is 132 Å². The van der Waals surface area contributed by atoms with Crippen LogP contribution in [-0.2, 0) is 6.54 Å². The second-order valence-electron chi connectivity index (χ2n) is 4.27. The van der Waals surface area contributed by atoms with Crippen LogP contribution in [0.4, 0.5) is 5.69 Å². The van der Waals surface area contributed by atoms with Gasteiger partial charge in [0.2, 0.25) is 5.88 Å². The molecule has 0 aliphatic carbocycles. The van der Waals surface area contributed by atoms with E-state index in [0.29, 0.717) is 29.3 Å². The molecule has 1 heterocycles. The lowest BCUT2D eigenvalue weighted by atomic mass is 10.2. The molecule has 0 spiro atoms. The van der Waals surface area contributed by atoms with Gasteiger partial charge in [0.15, 0.2) is 11.5 Å². The van der Waals surface area contributed by atoms with E-state index in [1.807, 2.05) is 25.1 Å². The molecule has 2 rings (SSSR count). The molecular weight excluding hydrogens is 336 g/mol. The lowest BCUT2D eigenvalue weighted by Gasteiger charge is -2.12. The number of pyridine rings is 1. The highest BCUT2D eigenvalue weighted by Gasteiger charge is 2.09. The van der Waals surface area contributed by atoms with Gasteiger partial charge < -0.3 is 19.9 Å². The van der Waals surface area contributed by atoms with E-state index >= 15 is 0 Å². The lowest BCUT2D eigenvalue weighted by Crippen LogP contribution is -2.04. The zero-order chi connectivity index (χ0) is 15.2. The van der Waals surface area contributed by atoms with Gasteiger partial charge in [0.1, 0.15) is 0 Å². The van der Waals surface area contributed by atoms with Crippen LogP contribution in [0.2, 0.25) is 0 Å². The summed E-state index contributed by atoms with van der Waals surface area (Å²) in [4.78, 5) is 4.19. The summed E-state index contributed by atoms with van der Waals surface area (Å²) in [6.07, 6.45) is 1.69. The minimum atomic E-state index is 0.0950. The normalized spacial score (nSPS) is 10.2. The van der Waals surface area contributed by atoms with Crippen molar-refractivity contribution in [3.8, 4) is 17.4 Å². The smallest absolute Gasteiger partial charge is 0.237 e. The molecule has 0 radical (unpaired) electrons. The molecule has 0 bridgehead atoms. The molecule has 0 atom stereocenters. The van der Waals surface area contributed by atoms with E-state index in [1.165, 1.54) is 7.11 Å². The first-order valence-electron chi connectivity index (χ1n) is 6.52. The Bertz CT molecular complexity index is 620. The number of ether oxygens (including phenoxy) is 2. The molecule has 2 aromatic rings. The summed E-state index contributed by atoms with van der Waals surface area (Å²) in [5.74, 6) is 1.10. The summed E-state index contributed by atoms with van der Waals surface area (Å²) < 4.78 is 11.2. The fourth-order valence-electron chi connectivity index (χ4n) is 1.86. The second-order valence-corrected chi connectivity index (χ2v) is 5.13. The standard InChI is InChI=1S/C15H17BrN2O3/c1-3-21-15-12(5-4-6-17-15)18-9-10-7-11(16)14(19)13(8-10)20-2/h4-8,18-19H,3,9H2,1-2H3. The average Bonchev–Trinajstić information content (AvgIpc) is 2.50. The molecule has 0 fully saturated rings. The van der Waals surface area contributed by atoms with Crippen molar-refractivity contribution in [1.29, 1.82) is 0 Å². The van der Waals surface area contributed by atoms with Crippen LogP contribution in [0.3, 0.4) is 0 Å². The van der Waals surface area contributed by atoms with Gasteiger partial charge in [-0.05, 0) is 52.7 Å². The molecule has 0 amide bonds. The predicted octanol–water partition coefficient (Wildman–Crippen LogP) is 3.57. The first kappa shape index (κ1) is 15.4. The maximum Gasteiger partial charge on any atom is 0.237 e. The number of benzene rings is 1. The fourth-order valence-corrected chi connectivity index (χ4v) is 2.35. The number of methoxy groups -OCH3 is 1. The number of anilines is 1. The number of rotatable bonds is 6. The minimum Gasteiger partial charge on any atom is -0.503 e. The molecule has 0 saturated carbocycles. The highest BCUT2D eigenvalue weighted by Crippen LogP contribution is 2.35. The van der Waals surface area contributed by atoms with Crippen molar-refractivity contribution in [3.63, 3.8) is 0 Å². The number of hydrogen-bond acceptors (Lipinski definition) is 5. The third-order valence-electron chi connectivity index (χ3n) is 2.84. The number of phenolic OH excluding ortho intramolecular Hbond substituents is 1. The van der Waals surface area contributed by atoms with E-state index in [9.17, 15) is 5.11 Å². The van der Waals surface area contributed by atoms with Gasteiger partial charge in [-0.2, -0.15) is 0 Å². The topological polar surface area (TPSA) is 63.6 Å². The maximum absolute atomic E-state index is 9.80. The van der Waals surface area contributed by atoms with Crippen molar-refractivity contribution in [2.24, 2.45) is 0 Å². The summed E-state index contributed by atoms with van der Waals surface area (Å²) in [6.45, 7) is 3.03. The van der Waals surface area contributed by atoms with Gasteiger partial charge in [-0.3, -0.25) is 0 Å². The highest BCUT2D eigenvalue weighted by molar-refractivity contribution is 9.10. The van der Waals surface area contributed by atoms with Crippen LogP contribution in [0.5, 0.6) is 17.4 Å². The van der Waals surface area contributed by atoms with Crippen molar-refractivity contribution in [2.45, 2.75) is 13.5 Å². The number of aromatic hydroxyl groups is 1. The quantitative estimate of drug-likeness (QED) is 0.831. The zero-order valence-corrected chi connectivity index (χ0v) is 13.5. The molecule has 1 aromatic heterocycles. The molecule has 0 unspecified atom stereocenters. The van der Waals surface area contributed by atoms with E-state index in [2.05, 4.69) is 26.2 Å². The third kappa shape index (κ3) is 3.78. The fraction of sp³-hybridized carbons (Fsp3) is 0.267. The van der Waals surface area contributed by atoms with Crippen LogP contribution in [-0.4, -0.2) is 23.8 Å². The van der Waals surface area contributed by atoms with Gasteiger partial charge in [0, 0.05) is 12.7 Å². The lowest BCUT2D eigenvalue weighted by molar-refractivity contribution is 0.328. The third-order valence-corrected chi connectivity index (χ3v) is 3.45. The molecular formula is C15H17BrN2O3. The van der Waals surface area contributed by atoms with Gasteiger partial charge in [-0.15, -0.1) is 0 Å². The summed E-state index contributed by atoms with van der Waals surface area (Å²) in [5.41, 5.74) is 1.78. The molecule has 5 nitrogen and oxygen atoms in total. The van der Waals surface area contributed by atoms with E-state index in [4.69, 9.17) is 9.47 Å². The second kappa shape index (κ2) is 7.17. The number of nitrogens with zero attached hydrogens (tertiary/aromatic N) is 1. The van der Waals surface area contributed by atoms with Crippen LogP contribution in [0, 0.1) is 0 Å². The first-order chi connectivity index (χ1) is 10.2. The van der Waals surface area contributed by atoms with Gasteiger partial charge in [0.25, 0.3) is 0 Å². The molecule has 21 heavy (non-hydrogen) atoms. The zero-order valence-electron chi connectivity index (χ0n) is 11.9. The monoisotopic (exact) mass is 352 g/mol. The molecule has 1 aromatic carbocycles. The van der Waals surface area contributed by atoms with E-state index < -0.39 is 0 Å². The summed E-state index contributed by atoms with van der Waals surface area (Å²) >= 11 is 3.31. The first-order valence-corrected chi connectivity index (χ1v) is 7.32. The van der Waals surface area contributed by atoms with Crippen molar-refractivity contribution in [2.75, 3.05) is 19.0 Å². The maximum atomic E-state index is 9.80. The van der Waals surface area contributed by atoms with Crippen molar-refractivity contribution < 1.29 is 14.6 Å². The van der Waals surface area contributed by atoms with E-state index in [0.717, 1.165) is 11.3 Å². The number of phenols is 1. The number of halogens is 1. The van der Waals surface area contributed by atoms with Crippen LogP contribution in [0.15, 0.2) is 34.9 Å². The SMILES string of the molecule is CCOc1ncccc1NCc1cc(Br)c(O)c(OC)c1. The Hall–Kier alpha value is -1.95. The molecule has 0 saturated heterocycles. The van der Waals surface area contributed by atoms with Crippen LogP contribution < -0.4 is 14.8 Å². The van der Waals surface area contributed by atoms with Gasteiger partial charge in [0.05, 0.1) is 23.9 Å². The summed E-state index contributed by atoms with van der Waals surface area (Å²) in [6, 6.07) is 7.37. The van der Waals surface area contributed by atoms with Crippen molar-refractivity contribution in [1.82, 2.24) is 4.98 Å². The van der Waals surface area contributed by atoms with Crippen LogP contribution in [0.1, 0.15) is 12.5 Å². The molecule has 6 heteroatoms. The number of aromatic nitrogens is 1. The average molecular weight is 353 g/mol. The van der Waals surface area contributed by atoms with Crippen molar-refractivity contribution >= 4 is 21.6 Å². The van der Waals surface area contributed by atoms with E-state index in [-0.39, 0.29) is 5.75 Å². The number of nitrogens with one attached hydrogen (secondary N) is 1.